The van der Waals surface area contributed by atoms with E-state index in [-0.39, 0.29) is 11.9 Å². The number of hydrogen-bond acceptors (Lipinski definition) is 2. The van der Waals surface area contributed by atoms with E-state index in [0.717, 1.165) is 25.9 Å². The summed E-state index contributed by atoms with van der Waals surface area (Å²) in [6, 6.07) is -0.320. The van der Waals surface area contributed by atoms with Crippen LogP contribution in [0.2, 0.25) is 0 Å². The standard InChI is InChI=1S/C11H24N2O/c1-5-9(4)8-13(7-3)11(14)10(12)6-2/h9-10H,5-8,12H2,1-4H3/t9?,10-/m1/s1. The Kier molecular flexibility index (Phi) is 6.54. The van der Waals surface area contributed by atoms with Crippen molar-refractivity contribution in [2.75, 3.05) is 13.1 Å². The molecule has 0 aliphatic heterocycles. The van der Waals surface area contributed by atoms with Crippen LogP contribution in [0.3, 0.4) is 0 Å². The quantitative estimate of drug-likeness (QED) is 0.708. The number of carbonyl (C=O) groups is 1. The van der Waals surface area contributed by atoms with Crippen LogP contribution in [0.5, 0.6) is 0 Å². The van der Waals surface area contributed by atoms with Gasteiger partial charge in [-0.25, -0.2) is 0 Å². The summed E-state index contributed by atoms with van der Waals surface area (Å²) in [4.78, 5) is 13.6. The van der Waals surface area contributed by atoms with E-state index in [2.05, 4.69) is 13.8 Å². The molecule has 3 nitrogen and oxygen atoms in total. The van der Waals surface area contributed by atoms with E-state index in [1.165, 1.54) is 0 Å². The second-order valence-corrected chi connectivity index (χ2v) is 3.91. The summed E-state index contributed by atoms with van der Waals surface area (Å²) in [6.45, 7) is 9.84. The van der Waals surface area contributed by atoms with E-state index in [4.69, 9.17) is 5.73 Å². The van der Waals surface area contributed by atoms with E-state index in [1.54, 1.807) is 0 Å². The van der Waals surface area contributed by atoms with Gasteiger partial charge in [-0.2, -0.15) is 0 Å². The Morgan fingerprint density at radius 1 is 1.29 bits per heavy atom. The van der Waals surface area contributed by atoms with Gasteiger partial charge < -0.3 is 10.6 Å². The zero-order valence-electron chi connectivity index (χ0n) is 9.92. The molecule has 84 valence electrons. The SMILES string of the molecule is CCC(C)CN(CC)C(=O)[C@H](N)CC. The second kappa shape index (κ2) is 6.82. The highest BCUT2D eigenvalue weighted by Gasteiger charge is 2.19. The Bertz CT molecular complexity index is 171. The molecule has 0 aliphatic rings. The van der Waals surface area contributed by atoms with Crippen molar-refractivity contribution < 1.29 is 4.79 Å². The molecule has 1 amide bonds. The summed E-state index contributed by atoms with van der Waals surface area (Å²) in [5.41, 5.74) is 5.72. The Morgan fingerprint density at radius 3 is 2.21 bits per heavy atom. The fraction of sp³-hybridized carbons (Fsp3) is 0.909. The maximum Gasteiger partial charge on any atom is 0.239 e. The summed E-state index contributed by atoms with van der Waals surface area (Å²) in [6.07, 6.45) is 1.82. The van der Waals surface area contributed by atoms with E-state index >= 15 is 0 Å². The summed E-state index contributed by atoms with van der Waals surface area (Å²) in [5.74, 6) is 0.651. The fourth-order valence-corrected chi connectivity index (χ4v) is 1.29. The largest absolute Gasteiger partial charge is 0.341 e. The molecule has 0 saturated carbocycles. The third kappa shape index (κ3) is 4.09. The van der Waals surface area contributed by atoms with Gasteiger partial charge in [-0.15, -0.1) is 0 Å². The van der Waals surface area contributed by atoms with Gasteiger partial charge in [-0.3, -0.25) is 4.79 Å². The van der Waals surface area contributed by atoms with Crippen molar-refractivity contribution in [3.8, 4) is 0 Å². The molecule has 0 aromatic heterocycles. The highest BCUT2D eigenvalue weighted by Crippen LogP contribution is 2.06. The lowest BCUT2D eigenvalue weighted by atomic mass is 10.1. The molecule has 2 atom stereocenters. The first-order valence-corrected chi connectivity index (χ1v) is 5.61. The van der Waals surface area contributed by atoms with Crippen molar-refractivity contribution in [2.45, 2.75) is 46.6 Å². The molecular formula is C11H24N2O. The third-order valence-corrected chi connectivity index (χ3v) is 2.68. The van der Waals surface area contributed by atoms with Gasteiger partial charge in [-0.05, 0) is 19.3 Å². The van der Waals surface area contributed by atoms with Crippen LogP contribution in [0.15, 0.2) is 0 Å². The molecule has 14 heavy (non-hydrogen) atoms. The number of rotatable bonds is 6. The van der Waals surface area contributed by atoms with Crippen LogP contribution in [0.25, 0.3) is 0 Å². The summed E-state index contributed by atoms with van der Waals surface area (Å²) in [7, 11) is 0. The van der Waals surface area contributed by atoms with Crippen molar-refractivity contribution in [3.63, 3.8) is 0 Å². The van der Waals surface area contributed by atoms with Crippen LogP contribution in [0, 0.1) is 5.92 Å². The van der Waals surface area contributed by atoms with E-state index in [0.29, 0.717) is 5.92 Å². The minimum absolute atomic E-state index is 0.0929. The minimum Gasteiger partial charge on any atom is -0.341 e. The molecule has 0 fully saturated rings. The first kappa shape index (κ1) is 13.4. The molecule has 0 aromatic carbocycles. The topological polar surface area (TPSA) is 46.3 Å². The first-order valence-electron chi connectivity index (χ1n) is 5.61. The van der Waals surface area contributed by atoms with Crippen LogP contribution in [-0.4, -0.2) is 29.9 Å². The van der Waals surface area contributed by atoms with Crippen molar-refractivity contribution in [1.29, 1.82) is 0 Å². The Balaban J connectivity index is 4.18. The van der Waals surface area contributed by atoms with E-state index < -0.39 is 0 Å². The van der Waals surface area contributed by atoms with Gasteiger partial charge in [0.2, 0.25) is 5.91 Å². The number of carbonyl (C=O) groups excluding carboxylic acids is 1. The zero-order valence-corrected chi connectivity index (χ0v) is 9.92. The third-order valence-electron chi connectivity index (χ3n) is 2.68. The molecule has 0 aliphatic carbocycles. The molecule has 1 unspecified atom stereocenters. The minimum atomic E-state index is -0.320. The van der Waals surface area contributed by atoms with Crippen LogP contribution in [0.1, 0.15) is 40.5 Å². The van der Waals surface area contributed by atoms with Gasteiger partial charge in [0.15, 0.2) is 0 Å². The predicted octanol–water partition coefficient (Wildman–Crippen LogP) is 1.62. The lowest BCUT2D eigenvalue weighted by Gasteiger charge is -2.26. The molecule has 0 heterocycles. The summed E-state index contributed by atoms with van der Waals surface area (Å²) in [5, 5.41) is 0. The van der Waals surface area contributed by atoms with Crippen LogP contribution in [-0.2, 0) is 4.79 Å². The average Bonchev–Trinajstić information content (AvgIpc) is 2.23. The summed E-state index contributed by atoms with van der Waals surface area (Å²) < 4.78 is 0. The molecule has 0 spiro atoms. The second-order valence-electron chi connectivity index (χ2n) is 3.91. The van der Waals surface area contributed by atoms with Gasteiger partial charge in [0, 0.05) is 13.1 Å². The van der Waals surface area contributed by atoms with Crippen LogP contribution in [0.4, 0.5) is 0 Å². The van der Waals surface area contributed by atoms with Crippen molar-refractivity contribution in [2.24, 2.45) is 11.7 Å². The van der Waals surface area contributed by atoms with Crippen molar-refractivity contribution >= 4 is 5.91 Å². The van der Waals surface area contributed by atoms with E-state index in [9.17, 15) is 4.79 Å². The molecule has 3 heteroatoms. The van der Waals surface area contributed by atoms with Gasteiger partial charge in [0.1, 0.15) is 0 Å². The molecule has 0 saturated heterocycles. The molecule has 0 bridgehead atoms. The van der Waals surface area contributed by atoms with Gasteiger partial charge in [0.25, 0.3) is 0 Å². The lowest BCUT2D eigenvalue weighted by molar-refractivity contribution is -0.133. The predicted molar refractivity (Wildman–Crippen MR) is 60.0 cm³/mol. The Hall–Kier alpha value is -0.570. The number of hydrogen-bond donors (Lipinski definition) is 1. The maximum absolute atomic E-state index is 11.8. The van der Waals surface area contributed by atoms with Crippen LogP contribution < -0.4 is 5.73 Å². The van der Waals surface area contributed by atoms with Crippen molar-refractivity contribution in [1.82, 2.24) is 4.90 Å². The number of amides is 1. The van der Waals surface area contributed by atoms with Gasteiger partial charge >= 0.3 is 0 Å². The molecule has 2 N–H and O–H groups in total. The molecular weight excluding hydrogens is 176 g/mol. The van der Waals surface area contributed by atoms with Gasteiger partial charge in [-0.1, -0.05) is 27.2 Å². The highest BCUT2D eigenvalue weighted by atomic mass is 16.2. The highest BCUT2D eigenvalue weighted by molar-refractivity contribution is 5.81. The number of nitrogens with zero attached hydrogens (tertiary/aromatic N) is 1. The van der Waals surface area contributed by atoms with Gasteiger partial charge in [0.05, 0.1) is 6.04 Å². The van der Waals surface area contributed by atoms with Crippen LogP contribution >= 0.6 is 0 Å². The summed E-state index contributed by atoms with van der Waals surface area (Å²) >= 11 is 0. The molecule has 0 rings (SSSR count). The Morgan fingerprint density at radius 2 is 1.86 bits per heavy atom. The average molecular weight is 200 g/mol. The van der Waals surface area contributed by atoms with E-state index in [1.807, 2.05) is 18.7 Å². The molecule has 0 aromatic rings. The normalized spacial score (nSPS) is 14.9. The zero-order chi connectivity index (χ0) is 11.1. The number of likely N-dealkylation sites (N-methyl/N-ethyl adjacent to an activating group) is 1. The fourth-order valence-electron chi connectivity index (χ4n) is 1.29. The maximum atomic E-state index is 11.8. The lowest BCUT2D eigenvalue weighted by Crippen LogP contribution is -2.44. The smallest absolute Gasteiger partial charge is 0.239 e. The monoisotopic (exact) mass is 200 g/mol. The Labute approximate surface area is 87.6 Å². The number of nitrogens with two attached hydrogens (primary N) is 1. The first-order chi connectivity index (χ1) is 6.56. The van der Waals surface area contributed by atoms with Crippen molar-refractivity contribution in [3.05, 3.63) is 0 Å². The molecule has 0 radical (unpaired) electrons.